The van der Waals surface area contributed by atoms with Crippen molar-refractivity contribution >= 4 is 16.3 Å². The quantitative estimate of drug-likeness (QED) is 0.756. The summed E-state index contributed by atoms with van der Waals surface area (Å²) in [6.45, 7) is 4.42. The topological polar surface area (TPSA) is 102 Å². The van der Waals surface area contributed by atoms with Crippen LogP contribution in [0.15, 0.2) is 0 Å². The van der Waals surface area contributed by atoms with Crippen molar-refractivity contribution in [3.8, 4) is 0 Å². The number of nitrogens with one attached hydrogen (secondary N) is 1. The van der Waals surface area contributed by atoms with Crippen LogP contribution in [0.25, 0.3) is 0 Å². The van der Waals surface area contributed by atoms with E-state index < -0.39 is 16.3 Å². The molecule has 3 N–H and O–H groups in total. The van der Waals surface area contributed by atoms with E-state index >= 15 is 0 Å². The van der Waals surface area contributed by atoms with Gasteiger partial charge in [-0.05, 0) is 32.6 Å². The van der Waals surface area contributed by atoms with E-state index in [9.17, 15) is 13.2 Å². The first kappa shape index (κ1) is 15.2. The molecular formula is C10H21N3O4S. The average Bonchev–Trinajstić information content (AvgIpc) is 2.28. The van der Waals surface area contributed by atoms with Crippen LogP contribution < -0.4 is 10.5 Å². The molecule has 0 aromatic heterocycles. The molecule has 0 aromatic rings. The number of hydrogen-bond acceptors (Lipinski definition) is 5. The molecular weight excluding hydrogens is 258 g/mol. The van der Waals surface area contributed by atoms with Gasteiger partial charge in [0.25, 0.3) is 0 Å². The van der Waals surface area contributed by atoms with Crippen LogP contribution >= 0.6 is 0 Å². The van der Waals surface area contributed by atoms with Crippen LogP contribution in [-0.4, -0.2) is 44.6 Å². The van der Waals surface area contributed by atoms with Crippen molar-refractivity contribution in [1.82, 2.24) is 9.03 Å². The molecule has 8 heteroatoms. The highest BCUT2D eigenvalue weighted by atomic mass is 32.2. The van der Waals surface area contributed by atoms with Gasteiger partial charge in [0, 0.05) is 19.1 Å². The number of piperidine rings is 1. The Kier molecular flexibility index (Phi) is 5.36. The predicted octanol–water partition coefficient (Wildman–Crippen LogP) is 0.0365. The maximum Gasteiger partial charge on any atom is 0.421 e. The minimum absolute atomic E-state index is 0.0628. The van der Waals surface area contributed by atoms with Crippen LogP contribution in [0, 0.1) is 5.92 Å². The number of rotatable bonds is 4. The van der Waals surface area contributed by atoms with E-state index in [4.69, 9.17) is 5.73 Å². The number of carbonyl (C=O) groups excluding carboxylic acids is 1. The van der Waals surface area contributed by atoms with Crippen LogP contribution in [-0.2, 0) is 14.9 Å². The lowest BCUT2D eigenvalue weighted by atomic mass is 9.92. The third-order valence-corrected chi connectivity index (χ3v) is 4.54. The Morgan fingerprint density at radius 1 is 1.50 bits per heavy atom. The summed E-state index contributed by atoms with van der Waals surface area (Å²) in [4.78, 5) is 11.1. The Hall–Kier alpha value is -0.860. The number of hydrogen-bond donors (Lipinski definition) is 2. The largest absolute Gasteiger partial charge is 0.449 e. The highest BCUT2D eigenvalue weighted by Gasteiger charge is 2.30. The van der Waals surface area contributed by atoms with Gasteiger partial charge in [0.15, 0.2) is 0 Å². The van der Waals surface area contributed by atoms with Crippen LogP contribution in [0.1, 0.15) is 26.7 Å². The monoisotopic (exact) mass is 279 g/mol. The maximum absolute atomic E-state index is 11.8. The van der Waals surface area contributed by atoms with Gasteiger partial charge in [-0.2, -0.15) is 12.7 Å². The van der Waals surface area contributed by atoms with Crippen molar-refractivity contribution in [1.29, 1.82) is 0 Å². The fraction of sp³-hybridized carbons (Fsp3) is 0.900. The van der Waals surface area contributed by atoms with E-state index in [1.54, 1.807) is 6.92 Å². The number of carbonyl (C=O) groups is 1. The summed E-state index contributed by atoms with van der Waals surface area (Å²) in [6.07, 6.45) is 0.481. The second-order valence-corrected chi connectivity index (χ2v) is 6.09. The van der Waals surface area contributed by atoms with Crippen molar-refractivity contribution in [2.45, 2.75) is 32.7 Å². The number of ether oxygens (including phenoxy) is 1. The van der Waals surface area contributed by atoms with Gasteiger partial charge in [-0.15, -0.1) is 0 Å². The lowest BCUT2D eigenvalue weighted by Crippen LogP contribution is -2.48. The Morgan fingerprint density at radius 3 is 2.50 bits per heavy atom. The lowest BCUT2D eigenvalue weighted by molar-refractivity contribution is 0.157. The van der Waals surface area contributed by atoms with E-state index in [1.165, 1.54) is 4.31 Å². The number of amides is 1. The molecule has 0 aliphatic carbocycles. The summed E-state index contributed by atoms with van der Waals surface area (Å²) in [5.41, 5.74) is 5.78. The average molecular weight is 279 g/mol. The lowest BCUT2D eigenvalue weighted by Gasteiger charge is -2.32. The van der Waals surface area contributed by atoms with Crippen molar-refractivity contribution in [3.05, 3.63) is 0 Å². The van der Waals surface area contributed by atoms with E-state index in [2.05, 4.69) is 4.74 Å². The first-order chi connectivity index (χ1) is 8.36. The third-order valence-electron chi connectivity index (χ3n) is 3.07. The fourth-order valence-corrected chi connectivity index (χ4v) is 3.06. The van der Waals surface area contributed by atoms with Gasteiger partial charge in [0.1, 0.15) is 0 Å². The van der Waals surface area contributed by atoms with Crippen LogP contribution in [0.4, 0.5) is 4.79 Å². The van der Waals surface area contributed by atoms with Crippen LogP contribution in [0.3, 0.4) is 0 Å². The Morgan fingerprint density at radius 2 is 2.06 bits per heavy atom. The fourth-order valence-electron chi connectivity index (χ4n) is 1.97. The van der Waals surface area contributed by atoms with Gasteiger partial charge < -0.3 is 10.5 Å². The third kappa shape index (κ3) is 4.11. The van der Waals surface area contributed by atoms with Gasteiger partial charge in [-0.3, -0.25) is 0 Å². The second kappa shape index (κ2) is 6.35. The highest BCUT2D eigenvalue weighted by Crippen LogP contribution is 2.20. The summed E-state index contributed by atoms with van der Waals surface area (Å²) in [5.74, 6) is 0.332. The van der Waals surface area contributed by atoms with Gasteiger partial charge in [0.05, 0.1) is 6.61 Å². The van der Waals surface area contributed by atoms with E-state index in [0.29, 0.717) is 31.8 Å². The molecule has 0 aromatic carbocycles. The number of nitrogens with zero attached hydrogens (tertiary/aromatic N) is 1. The molecule has 0 spiro atoms. The second-order valence-electron chi connectivity index (χ2n) is 4.42. The Balaban J connectivity index is 2.53. The van der Waals surface area contributed by atoms with Crippen molar-refractivity contribution < 1.29 is 17.9 Å². The van der Waals surface area contributed by atoms with Crippen LogP contribution in [0.5, 0.6) is 0 Å². The molecule has 7 nitrogen and oxygen atoms in total. The summed E-state index contributed by atoms with van der Waals surface area (Å²) < 4.78 is 31.3. The van der Waals surface area contributed by atoms with E-state index in [1.807, 2.05) is 11.6 Å². The summed E-state index contributed by atoms with van der Waals surface area (Å²) in [7, 11) is -3.79. The number of nitrogens with two attached hydrogens (primary N) is 1. The molecule has 1 fully saturated rings. The zero-order valence-corrected chi connectivity index (χ0v) is 11.6. The van der Waals surface area contributed by atoms with E-state index in [0.717, 1.165) is 0 Å². The smallest absolute Gasteiger partial charge is 0.421 e. The normalized spacial score (nSPS) is 20.4. The van der Waals surface area contributed by atoms with Gasteiger partial charge in [-0.25, -0.2) is 9.52 Å². The van der Waals surface area contributed by atoms with Crippen molar-refractivity contribution in [3.63, 3.8) is 0 Å². The Labute approximate surface area is 108 Å². The molecule has 1 aliphatic rings. The standard InChI is InChI=1S/C10H21N3O4S/c1-3-17-10(14)12-18(15,16)13-6-4-9(5-7-13)8(2)11/h8-9H,3-7,11H2,1-2H3,(H,12,14). The molecule has 1 heterocycles. The molecule has 1 amide bonds. The molecule has 18 heavy (non-hydrogen) atoms. The summed E-state index contributed by atoms with van der Waals surface area (Å²) in [6, 6.07) is 0.0628. The van der Waals surface area contributed by atoms with Gasteiger partial charge in [0.2, 0.25) is 0 Å². The van der Waals surface area contributed by atoms with Crippen LogP contribution in [0.2, 0.25) is 0 Å². The summed E-state index contributed by atoms with van der Waals surface area (Å²) in [5, 5.41) is 0. The molecule has 0 saturated carbocycles. The molecule has 0 bridgehead atoms. The SMILES string of the molecule is CCOC(=O)NS(=O)(=O)N1CCC(C(C)N)CC1. The van der Waals surface area contributed by atoms with Gasteiger partial charge >= 0.3 is 16.3 Å². The first-order valence-corrected chi connectivity index (χ1v) is 7.51. The molecule has 1 unspecified atom stereocenters. The molecule has 1 aliphatic heterocycles. The minimum atomic E-state index is -3.79. The highest BCUT2D eigenvalue weighted by molar-refractivity contribution is 7.87. The van der Waals surface area contributed by atoms with Gasteiger partial charge in [-0.1, -0.05) is 0 Å². The van der Waals surface area contributed by atoms with Crippen molar-refractivity contribution in [2.75, 3.05) is 19.7 Å². The molecule has 106 valence electrons. The molecule has 0 radical (unpaired) electrons. The Bertz CT molecular complexity index is 375. The molecule has 1 saturated heterocycles. The molecule has 1 atom stereocenters. The zero-order chi connectivity index (χ0) is 13.8. The summed E-state index contributed by atoms with van der Waals surface area (Å²) >= 11 is 0. The zero-order valence-electron chi connectivity index (χ0n) is 10.8. The van der Waals surface area contributed by atoms with Crippen molar-refractivity contribution in [2.24, 2.45) is 11.7 Å². The molecule has 1 rings (SSSR count). The predicted molar refractivity (Wildman–Crippen MR) is 67.0 cm³/mol. The maximum atomic E-state index is 11.8. The minimum Gasteiger partial charge on any atom is -0.449 e. The van der Waals surface area contributed by atoms with E-state index in [-0.39, 0.29) is 12.6 Å². The first-order valence-electron chi connectivity index (χ1n) is 6.07.